The molecule has 0 aliphatic rings. The zero-order valence-corrected chi connectivity index (χ0v) is 13.8. The van der Waals surface area contributed by atoms with Crippen LogP contribution < -0.4 is 4.72 Å². The maximum atomic E-state index is 13.8. The third-order valence-corrected chi connectivity index (χ3v) is 5.25. The molecule has 0 radical (unpaired) electrons. The fourth-order valence-electron chi connectivity index (χ4n) is 1.53. The first-order valence-corrected chi connectivity index (χ1v) is 8.64. The molecule has 2 rings (SSSR count). The highest BCUT2D eigenvalue weighted by molar-refractivity contribution is 9.10. The van der Waals surface area contributed by atoms with E-state index in [-0.39, 0.29) is 10.6 Å². The number of benzene rings is 1. The molecule has 0 unspecified atom stereocenters. The van der Waals surface area contributed by atoms with E-state index in [0.29, 0.717) is 4.47 Å². The molecular weight excluding hydrogens is 385 g/mol. The van der Waals surface area contributed by atoms with Gasteiger partial charge in [-0.25, -0.2) is 17.6 Å². The molecule has 5 nitrogen and oxygen atoms in total. The number of sulfonamides is 1. The summed E-state index contributed by atoms with van der Waals surface area (Å²) in [6.45, 7) is 0. The van der Waals surface area contributed by atoms with E-state index in [1.165, 1.54) is 24.6 Å². The average Bonchev–Trinajstić information content (AvgIpc) is 2.84. The van der Waals surface area contributed by atoms with E-state index in [1.54, 1.807) is 0 Å². The lowest BCUT2D eigenvalue weighted by Crippen LogP contribution is -2.16. The van der Waals surface area contributed by atoms with Crippen molar-refractivity contribution in [3.63, 3.8) is 0 Å². The highest BCUT2D eigenvalue weighted by Gasteiger charge is 2.23. The second-order valence-electron chi connectivity index (χ2n) is 3.84. The van der Waals surface area contributed by atoms with Gasteiger partial charge in [0, 0.05) is 4.47 Å². The number of esters is 1. The van der Waals surface area contributed by atoms with Gasteiger partial charge in [-0.05, 0) is 29.6 Å². The second kappa shape index (κ2) is 6.12. The molecule has 1 N–H and O–H groups in total. The summed E-state index contributed by atoms with van der Waals surface area (Å²) in [6, 6.07) is 4.99. The largest absolute Gasteiger partial charge is 0.465 e. The number of nitrogens with one attached hydrogen (secondary N) is 1. The molecule has 0 saturated carbocycles. The number of halogens is 2. The third kappa shape index (κ3) is 3.42. The topological polar surface area (TPSA) is 72.5 Å². The number of anilines is 1. The molecule has 1 aromatic carbocycles. The molecule has 2 aromatic rings. The van der Waals surface area contributed by atoms with Crippen LogP contribution in [0.3, 0.4) is 0 Å². The van der Waals surface area contributed by atoms with Crippen LogP contribution in [0.15, 0.2) is 39.0 Å². The van der Waals surface area contributed by atoms with Crippen molar-refractivity contribution in [2.45, 2.75) is 4.90 Å². The first-order chi connectivity index (χ1) is 9.85. The van der Waals surface area contributed by atoms with Gasteiger partial charge in [-0.3, -0.25) is 4.72 Å². The van der Waals surface area contributed by atoms with Crippen LogP contribution in [0, 0.1) is 5.82 Å². The Morgan fingerprint density at radius 2 is 2.10 bits per heavy atom. The molecular formula is C12H9BrFNO4S2. The summed E-state index contributed by atoms with van der Waals surface area (Å²) < 4.78 is 45.3. The molecule has 0 aliphatic carbocycles. The SMILES string of the molecule is COC(=O)c1sccc1NS(=O)(=O)c1ccc(Br)cc1F. The molecule has 0 bridgehead atoms. The lowest BCUT2D eigenvalue weighted by molar-refractivity contribution is 0.0607. The molecule has 1 heterocycles. The Morgan fingerprint density at radius 1 is 1.38 bits per heavy atom. The highest BCUT2D eigenvalue weighted by Crippen LogP contribution is 2.27. The van der Waals surface area contributed by atoms with Crippen LogP contribution in [-0.4, -0.2) is 21.5 Å². The normalized spacial score (nSPS) is 11.2. The summed E-state index contributed by atoms with van der Waals surface area (Å²) in [7, 11) is -2.95. The van der Waals surface area contributed by atoms with Gasteiger partial charge in [0.25, 0.3) is 10.0 Å². The molecule has 0 amide bonds. The Balaban J connectivity index is 2.38. The quantitative estimate of drug-likeness (QED) is 0.809. The van der Waals surface area contributed by atoms with Crippen LogP contribution in [0.4, 0.5) is 10.1 Å². The van der Waals surface area contributed by atoms with Gasteiger partial charge >= 0.3 is 5.97 Å². The van der Waals surface area contributed by atoms with E-state index in [1.807, 2.05) is 0 Å². The minimum Gasteiger partial charge on any atom is -0.465 e. The van der Waals surface area contributed by atoms with Gasteiger partial charge in [-0.15, -0.1) is 11.3 Å². The summed E-state index contributed by atoms with van der Waals surface area (Å²) in [5, 5.41) is 1.53. The van der Waals surface area contributed by atoms with Crippen LogP contribution in [0.25, 0.3) is 0 Å². The maximum absolute atomic E-state index is 13.8. The number of methoxy groups -OCH3 is 1. The minimum absolute atomic E-state index is 0.0502. The lowest BCUT2D eigenvalue weighted by atomic mass is 10.3. The Labute approximate surface area is 132 Å². The van der Waals surface area contributed by atoms with E-state index in [2.05, 4.69) is 25.4 Å². The van der Waals surface area contributed by atoms with Crippen molar-refractivity contribution in [1.29, 1.82) is 0 Å². The van der Waals surface area contributed by atoms with Gasteiger partial charge in [0.1, 0.15) is 15.6 Å². The van der Waals surface area contributed by atoms with Crippen molar-refractivity contribution in [2.75, 3.05) is 11.8 Å². The van der Waals surface area contributed by atoms with Gasteiger partial charge in [-0.2, -0.15) is 0 Å². The molecule has 1 aromatic heterocycles. The van der Waals surface area contributed by atoms with Gasteiger partial charge in [-0.1, -0.05) is 15.9 Å². The van der Waals surface area contributed by atoms with E-state index in [9.17, 15) is 17.6 Å². The minimum atomic E-state index is -4.14. The van der Waals surface area contributed by atoms with E-state index >= 15 is 0 Å². The summed E-state index contributed by atoms with van der Waals surface area (Å²) in [4.78, 5) is 11.1. The fraction of sp³-hybridized carbons (Fsp3) is 0.0833. The highest BCUT2D eigenvalue weighted by atomic mass is 79.9. The van der Waals surface area contributed by atoms with E-state index < -0.39 is 26.7 Å². The standard InChI is InChI=1S/C12H9BrFNO4S2/c1-19-12(16)11-9(4-5-20-11)15-21(17,18)10-3-2-7(13)6-8(10)14/h2-6,15H,1H3. The number of hydrogen-bond donors (Lipinski definition) is 1. The Bertz CT molecular complexity index is 788. The number of rotatable bonds is 4. The van der Waals surface area contributed by atoms with Crippen LogP contribution >= 0.6 is 27.3 Å². The number of carbonyl (C=O) groups excluding carboxylic acids is 1. The van der Waals surface area contributed by atoms with Crippen LogP contribution in [-0.2, 0) is 14.8 Å². The Morgan fingerprint density at radius 3 is 2.71 bits per heavy atom. The van der Waals surface area contributed by atoms with E-state index in [4.69, 9.17) is 0 Å². The van der Waals surface area contributed by atoms with Crippen molar-refractivity contribution < 1.29 is 22.3 Å². The van der Waals surface area contributed by atoms with Crippen molar-refractivity contribution >= 4 is 48.9 Å². The molecule has 0 spiro atoms. The maximum Gasteiger partial charge on any atom is 0.350 e. The monoisotopic (exact) mass is 393 g/mol. The van der Waals surface area contributed by atoms with Crippen molar-refractivity contribution in [1.82, 2.24) is 0 Å². The summed E-state index contributed by atoms with van der Waals surface area (Å²) in [6.07, 6.45) is 0. The molecule has 21 heavy (non-hydrogen) atoms. The van der Waals surface area contributed by atoms with E-state index in [0.717, 1.165) is 23.5 Å². The zero-order chi connectivity index (χ0) is 15.6. The van der Waals surface area contributed by atoms with Crippen molar-refractivity contribution in [2.24, 2.45) is 0 Å². The number of thiophene rings is 1. The molecule has 0 aliphatic heterocycles. The fourth-order valence-corrected chi connectivity index (χ4v) is 3.83. The Hall–Kier alpha value is -1.45. The molecule has 0 atom stereocenters. The number of ether oxygens (including phenoxy) is 1. The first-order valence-electron chi connectivity index (χ1n) is 5.49. The second-order valence-corrected chi connectivity index (χ2v) is 7.32. The number of hydrogen-bond acceptors (Lipinski definition) is 5. The third-order valence-electron chi connectivity index (χ3n) is 2.46. The van der Waals surface area contributed by atoms with Crippen molar-refractivity contribution in [3.05, 3.63) is 44.8 Å². The summed E-state index contributed by atoms with van der Waals surface area (Å²) in [5.41, 5.74) is 0.0502. The first kappa shape index (κ1) is 15.9. The van der Waals surface area contributed by atoms with Gasteiger partial charge in [0.05, 0.1) is 12.8 Å². The summed E-state index contributed by atoms with van der Waals surface area (Å²) >= 11 is 4.07. The predicted octanol–water partition coefficient (Wildman–Crippen LogP) is 3.24. The number of carbonyl (C=O) groups is 1. The smallest absolute Gasteiger partial charge is 0.350 e. The molecule has 112 valence electrons. The van der Waals surface area contributed by atoms with Gasteiger partial charge in [0.15, 0.2) is 0 Å². The molecule has 9 heteroatoms. The van der Waals surface area contributed by atoms with Crippen LogP contribution in [0.5, 0.6) is 0 Å². The Kier molecular flexibility index (Phi) is 4.64. The molecule has 0 fully saturated rings. The van der Waals surface area contributed by atoms with Crippen molar-refractivity contribution in [3.8, 4) is 0 Å². The summed E-state index contributed by atoms with van der Waals surface area (Å²) in [5.74, 6) is -1.56. The van der Waals surface area contributed by atoms with Crippen LogP contribution in [0.2, 0.25) is 0 Å². The van der Waals surface area contributed by atoms with Gasteiger partial charge in [0.2, 0.25) is 0 Å². The molecule has 0 saturated heterocycles. The lowest BCUT2D eigenvalue weighted by Gasteiger charge is -2.09. The van der Waals surface area contributed by atoms with Crippen LogP contribution in [0.1, 0.15) is 9.67 Å². The average molecular weight is 394 g/mol. The van der Waals surface area contributed by atoms with Gasteiger partial charge < -0.3 is 4.74 Å². The zero-order valence-electron chi connectivity index (χ0n) is 10.6. The predicted molar refractivity (Wildman–Crippen MR) is 80.6 cm³/mol.